The van der Waals surface area contributed by atoms with Crippen molar-refractivity contribution in [1.29, 1.82) is 0 Å². The summed E-state index contributed by atoms with van der Waals surface area (Å²) in [4.78, 5) is 23.4. The highest BCUT2D eigenvalue weighted by Gasteiger charge is 2.43. The second-order valence-corrected chi connectivity index (χ2v) is 7.89. The van der Waals surface area contributed by atoms with E-state index in [-0.39, 0.29) is 23.8 Å². The molecule has 0 bridgehead atoms. The first-order chi connectivity index (χ1) is 14.6. The Morgan fingerprint density at radius 2 is 1.70 bits per heavy atom. The molecule has 1 aliphatic heterocycles. The van der Waals surface area contributed by atoms with Crippen molar-refractivity contribution in [1.82, 2.24) is 0 Å². The summed E-state index contributed by atoms with van der Waals surface area (Å²) in [7, 11) is 1.38. The first-order valence-electron chi connectivity index (χ1n) is 9.96. The number of aromatic carboxylic acids is 1. The van der Waals surface area contributed by atoms with Crippen LogP contribution in [0.25, 0.3) is 0 Å². The van der Waals surface area contributed by atoms with E-state index >= 15 is 0 Å². The van der Waals surface area contributed by atoms with Crippen molar-refractivity contribution in [3.05, 3.63) is 100 Å². The molecule has 5 heteroatoms. The number of hydrogen-bond acceptors (Lipinski definition) is 4. The van der Waals surface area contributed by atoms with Crippen molar-refractivity contribution in [2.75, 3.05) is 12.4 Å². The summed E-state index contributed by atoms with van der Waals surface area (Å²) in [6, 6.07) is 21.3. The van der Waals surface area contributed by atoms with Crippen LogP contribution < -0.4 is 5.32 Å². The first kappa shape index (κ1) is 18.4. The maximum atomic E-state index is 11.8. The largest absolute Gasteiger partial charge is 0.478 e. The van der Waals surface area contributed by atoms with Crippen LogP contribution in [0.4, 0.5) is 5.69 Å². The average molecular weight is 399 g/mol. The van der Waals surface area contributed by atoms with Crippen molar-refractivity contribution in [3.63, 3.8) is 0 Å². The number of esters is 1. The number of anilines is 1. The van der Waals surface area contributed by atoms with E-state index in [2.05, 4.69) is 23.5 Å². The van der Waals surface area contributed by atoms with Gasteiger partial charge in [-0.3, -0.25) is 0 Å². The van der Waals surface area contributed by atoms with E-state index < -0.39 is 5.97 Å². The molecule has 5 rings (SSSR count). The number of benzene rings is 3. The highest BCUT2D eigenvalue weighted by atomic mass is 16.5. The third kappa shape index (κ3) is 2.86. The van der Waals surface area contributed by atoms with Crippen molar-refractivity contribution in [3.8, 4) is 0 Å². The smallest absolute Gasteiger partial charge is 0.337 e. The molecule has 3 aromatic rings. The molecule has 150 valence electrons. The highest BCUT2D eigenvalue weighted by Crippen LogP contribution is 2.53. The van der Waals surface area contributed by atoms with Gasteiger partial charge in [0.25, 0.3) is 0 Å². The molecule has 1 heterocycles. The van der Waals surface area contributed by atoms with Gasteiger partial charge in [-0.1, -0.05) is 36.4 Å². The number of fused-ring (bicyclic) bond motifs is 5. The summed E-state index contributed by atoms with van der Waals surface area (Å²) in [5.74, 6) is -0.887. The van der Waals surface area contributed by atoms with Crippen molar-refractivity contribution in [2.45, 2.75) is 18.4 Å². The maximum Gasteiger partial charge on any atom is 0.337 e. The SMILES string of the molecule is COC(=O)c1ccc(C2Nc3ccc(C(=O)O)cc3C3c4ccccc4CC23)cc1. The lowest BCUT2D eigenvalue weighted by Gasteiger charge is -2.38. The number of rotatable bonds is 3. The average Bonchev–Trinajstić information content (AvgIpc) is 3.17. The molecule has 0 saturated carbocycles. The van der Waals surface area contributed by atoms with E-state index in [0.29, 0.717) is 11.1 Å². The van der Waals surface area contributed by atoms with Crippen LogP contribution in [0.2, 0.25) is 0 Å². The molecule has 0 fully saturated rings. The fourth-order valence-electron chi connectivity index (χ4n) is 4.97. The Labute approximate surface area is 174 Å². The fraction of sp³-hybridized carbons (Fsp3) is 0.200. The summed E-state index contributed by atoms with van der Waals surface area (Å²) in [6.07, 6.45) is 0.911. The Hall–Kier alpha value is -3.60. The number of ether oxygens (including phenoxy) is 1. The Kier molecular flexibility index (Phi) is 4.31. The molecule has 0 saturated heterocycles. The van der Waals surface area contributed by atoms with Crippen LogP contribution in [-0.2, 0) is 11.2 Å². The Bertz CT molecular complexity index is 1150. The van der Waals surface area contributed by atoms with E-state index in [9.17, 15) is 14.7 Å². The van der Waals surface area contributed by atoms with Crippen LogP contribution in [0.3, 0.4) is 0 Å². The molecule has 0 amide bonds. The molecule has 0 spiro atoms. The summed E-state index contributed by atoms with van der Waals surface area (Å²) in [5, 5.41) is 13.1. The van der Waals surface area contributed by atoms with Crippen LogP contribution in [-0.4, -0.2) is 24.2 Å². The maximum absolute atomic E-state index is 11.8. The first-order valence-corrected chi connectivity index (χ1v) is 9.96. The van der Waals surface area contributed by atoms with Gasteiger partial charge >= 0.3 is 11.9 Å². The van der Waals surface area contributed by atoms with Crippen LogP contribution in [0.5, 0.6) is 0 Å². The topological polar surface area (TPSA) is 75.6 Å². The molecular formula is C25H21NO4. The summed E-state index contributed by atoms with van der Waals surface area (Å²) < 4.78 is 4.81. The van der Waals surface area contributed by atoms with Gasteiger partial charge in [-0.25, -0.2) is 9.59 Å². The van der Waals surface area contributed by atoms with Gasteiger partial charge in [-0.15, -0.1) is 0 Å². The van der Waals surface area contributed by atoms with Crippen LogP contribution in [0.15, 0.2) is 66.7 Å². The predicted molar refractivity (Wildman–Crippen MR) is 113 cm³/mol. The summed E-state index contributed by atoms with van der Waals surface area (Å²) >= 11 is 0. The van der Waals surface area contributed by atoms with Crippen molar-refractivity contribution >= 4 is 17.6 Å². The van der Waals surface area contributed by atoms with Gasteiger partial charge in [0, 0.05) is 11.6 Å². The third-order valence-corrected chi connectivity index (χ3v) is 6.34. The molecule has 1 aliphatic carbocycles. The van der Waals surface area contributed by atoms with Crippen LogP contribution in [0, 0.1) is 5.92 Å². The quantitative estimate of drug-likeness (QED) is 0.628. The van der Waals surface area contributed by atoms with Crippen molar-refractivity contribution < 1.29 is 19.4 Å². The zero-order valence-electron chi connectivity index (χ0n) is 16.5. The zero-order chi connectivity index (χ0) is 20.8. The van der Waals surface area contributed by atoms with Gasteiger partial charge in [-0.05, 0) is 64.9 Å². The third-order valence-electron chi connectivity index (χ3n) is 6.34. The second-order valence-electron chi connectivity index (χ2n) is 7.89. The molecule has 0 radical (unpaired) electrons. The highest BCUT2D eigenvalue weighted by molar-refractivity contribution is 5.90. The van der Waals surface area contributed by atoms with Gasteiger partial charge in [0.1, 0.15) is 0 Å². The second kappa shape index (κ2) is 7.02. The molecule has 0 aromatic heterocycles. The predicted octanol–water partition coefficient (Wildman–Crippen LogP) is 4.64. The van der Waals surface area contributed by atoms with Crippen LogP contribution >= 0.6 is 0 Å². The lowest BCUT2D eigenvalue weighted by molar-refractivity contribution is 0.0599. The van der Waals surface area contributed by atoms with E-state index in [1.54, 1.807) is 24.3 Å². The number of hydrogen-bond donors (Lipinski definition) is 2. The number of carboxylic acid groups (broad SMARTS) is 1. The Balaban J connectivity index is 1.61. The van der Waals surface area contributed by atoms with Gasteiger partial charge in [0.2, 0.25) is 0 Å². The molecule has 30 heavy (non-hydrogen) atoms. The molecular weight excluding hydrogens is 378 g/mol. The van der Waals surface area contributed by atoms with Crippen LogP contribution in [0.1, 0.15) is 54.9 Å². The lowest BCUT2D eigenvalue weighted by atomic mass is 9.75. The van der Waals surface area contributed by atoms with E-state index in [0.717, 1.165) is 23.2 Å². The lowest BCUT2D eigenvalue weighted by Crippen LogP contribution is -2.30. The van der Waals surface area contributed by atoms with Gasteiger partial charge in [0.15, 0.2) is 0 Å². The minimum absolute atomic E-state index is 0.0530. The fourth-order valence-corrected chi connectivity index (χ4v) is 4.97. The van der Waals surface area contributed by atoms with Crippen molar-refractivity contribution in [2.24, 2.45) is 5.92 Å². The van der Waals surface area contributed by atoms with Gasteiger partial charge in [-0.2, -0.15) is 0 Å². The summed E-state index contributed by atoms with van der Waals surface area (Å²) in [5.41, 5.74) is 6.49. The normalized spacial score (nSPS) is 21.0. The molecule has 3 atom stereocenters. The van der Waals surface area contributed by atoms with Gasteiger partial charge < -0.3 is 15.2 Å². The monoisotopic (exact) mass is 399 g/mol. The van der Waals surface area contributed by atoms with E-state index in [4.69, 9.17) is 4.74 Å². The van der Waals surface area contributed by atoms with E-state index in [1.165, 1.54) is 18.2 Å². The Morgan fingerprint density at radius 1 is 0.967 bits per heavy atom. The standard InChI is InChI=1S/C25H21NO4/c1-30-25(29)15-8-6-14(7-9-15)23-20-12-16-4-2-3-5-18(16)22(20)19-13-17(24(27)28)10-11-21(19)26-23/h2-11,13,20,22-23,26H,12H2,1H3,(H,27,28). The molecule has 3 aromatic carbocycles. The molecule has 3 unspecified atom stereocenters. The minimum Gasteiger partial charge on any atom is -0.478 e. The number of methoxy groups -OCH3 is 1. The number of nitrogens with one attached hydrogen (secondary N) is 1. The molecule has 2 N–H and O–H groups in total. The Morgan fingerprint density at radius 3 is 2.43 bits per heavy atom. The molecule has 2 aliphatic rings. The molecule has 5 nitrogen and oxygen atoms in total. The zero-order valence-corrected chi connectivity index (χ0v) is 16.5. The number of carbonyl (C=O) groups excluding carboxylic acids is 1. The van der Waals surface area contributed by atoms with E-state index in [1.807, 2.05) is 24.3 Å². The summed E-state index contributed by atoms with van der Waals surface area (Å²) in [6.45, 7) is 0. The number of carbonyl (C=O) groups is 2. The van der Waals surface area contributed by atoms with Gasteiger partial charge in [0.05, 0.1) is 24.3 Å². The minimum atomic E-state index is -0.916. The number of carboxylic acids is 1.